The van der Waals surface area contributed by atoms with Crippen LogP contribution in [-0.2, 0) is 25.9 Å². The SMILES string of the molecule is CCCCCCCCCC[n+]1c(CC(C)c2ccccc2)cn(CCCCCCC)c1Cc1ccccc1. The molecule has 0 N–H and O–H groups in total. The minimum atomic E-state index is 0.519. The molecule has 0 bridgehead atoms. The van der Waals surface area contributed by atoms with Crippen molar-refractivity contribution in [1.29, 1.82) is 0 Å². The van der Waals surface area contributed by atoms with Gasteiger partial charge in [0.1, 0.15) is 11.9 Å². The van der Waals surface area contributed by atoms with E-state index < -0.39 is 0 Å². The first-order chi connectivity index (χ1) is 18.7. The molecule has 1 aromatic heterocycles. The molecule has 3 aromatic rings. The highest BCUT2D eigenvalue weighted by atomic mass is 15.2. The highest BCUT2D eigenvalue weighted by Gasteiger charge is 2.25. The van der Waals surface area contributed by atoms with Gasteiger partial charge in [-0.25, -0.2) is 9.13 Å². The second kappa shape index (κ2) is 18.0. The van der Waals surface area contributed by atoms with Crippen molar-refractivity contribution in [2.75, 3.05) is 0 Å². The van der Waals surface area contributed by atoms with Crippen molar-refractivity contribution < 1.29 is 4.57 Å². The van der Waals surface area contributed by atoms with Crippen molar-refractivity contribution in [1.82, 2.24) is 4.57 Å². The Morgan fingerprint density at radius 2 is 1.21 bits per heavy atom. The normalized spacial score (nSPS) is 12.2. The Hall–Kier alpha value is -2.35. The average Bonchev–Trinajstić information content (AvgIpc) is 3.26. The smallest absolute Gasteiger partial charge is 0.234 e. The van der Waals surface area contributed by atoms with Gasteiger partial charge in [-0.3, -0.25) is 0 Å². The maximum Gasteiger partial charge on any atom is 0.261 e. The van der Waals surface area contributed by atoms with Crippen molar-refractivity contribution >= 4 is 0 Å². The molecule has 38 heavy (non-hydrogen) atoms. The number of nitrogens with zero attached hydrogens (tertiary/aromatic N) is 2. The fraction of sp³-hybridized carbons (Fsp3) is 0.583. The highest BCUT2D eigenvalue weighted by molar-refractivity contribution is 5.21. The van der Waals surface area contributed by atoms with Gasteiger partial charge in [0.2, 0.25) is 0 Å². The number of aromatic nitrogens is 2. The summed E-state index contributed by atoms with van der Waals surface area (Å²) in [7, 11) is 0. The molecule has 2 nitrogen and oxygen atoms in total. The van der Waals surface area contributed by atoms with Gasteiger partial charge in [-0.05, 0) is 42.7 Å². The number of benzene rings is 2. The van der Waals surface area contributed by atoms with Crippen LogP contribution in [0.4, 0.5) is 0 Å². The molecule has 3 rings (SSSR count). The molecule has 1 unspecified atom stereocenters. The van der Waals surface area contributed by atoms with Gasteiger partial charge < -0.3 is 0 Å². The van der Waals surface area contributed by atoms with Crippen LogP contribution in [0.5, 0.6) is 0 Å². The molecule has 0 aliphatic carbocycles. The van der Waals surface area contributed by atoms with Crippen LogP contribution in [0.2, 0.25) is 0 Å². The number of unbranched alkanes of at least 4 members (excludes halogenated alkanes) is 11. The average molecular weight is 516 g/mol. The summed E-state index contributed by atoms with van der Waals surface area (Å²) >= 11 is 0. The van der Waals surface area contributed by atoms with E-state index in [1.54, 1.807) is 0 Å². The summed E-state index contributed by atoms with van der Waals surface area (Å²) in [6.45, 7) is 9.30. The van der Waals surface area contributed by atoms with Crippen molar-refractivity contribution in [3.63, 3.8) is 0 Å². The first-order valence-corrected chi connectivity index (χ1v) is 15.9. The Morgan fingerprint density at radius 3 is 1.84 bits per heavy atom. The lowest BCUT2D eigenvalue weighted by molar-refractivity contribution is -0.710. The number of hydrogen-bond acceptors (Lipinski definition) is 0. The van der Waals surface area contributed by atoms with Gasteiger partial charge in [0, 0.05) is 6.42 Å². The van der Waals surface area contributed by atoms with Crippen LogP contribution >= 0.6 is 0 Å². The molecule has 1 atom stereocenters. The van der Waals surface area contributed by atoms with Gasteiger partial charge in [0.15, 0.2) is 0 Å². The van der Waals surface area contributed by atoms with E-state index in [0.29, 0.717) is 5.92 Å². The topological polar surface area (TPSA) is 8.81 Å². The Labute approximate surface area is 234 Å². The predicted molar refractivity (Wildman–Crippen MR) is 164 cm³/mol. The lowest BCUT2D eigenvalue weighted by Crippen LogP contribution is -2.41. The molecule has 0 aliphatic heterocycles. The predicted octanol–water partition coefficient (Wildman–Crippen LogP) is 9.82. The molecule has 1 heterocycles. The van der Waals surface area contributed by atoms with Crippen LogP contribution in [-0.4, -0.2) is 4.57 Å². The van der Waals surface area contributed by atoms with Crippen LogP contribution in [0, 0.1) is 0 Å². The first kappa shape index (κ1) is 30.2. The Morgan fingerprint density at radius 1 is 0.658 bits per heavy atom. The third-order valence-corrected chi connectivity index (χ3v) is 8.12. The van der Waals surface area contributed by atoms with Crippen LogP contribution in [0.1, 0.15) is 133 Å². The standard InChI is InChI=1S/C36H55N2/c1-4-6-8-10-11-12-14-22-28-38-35(29-32(3)34-25-19-16-20-26-34)31-37(27-21-13-9-7-5-2)36(38)30-33-23-17-15-18-24-33/h15-20,23-26,31-32H,4-14,21-22,27-30H2,1-3H3/q+1. The molecular weight excluding hydrogens is 460 g/mol. The third-order valence-electron chi connectivity index (χ3n) is 8.12. The summed E-state index contributed by atoms with van der Waals surface area (Å²) in [5.74, 6) is 2.02. The van der Waals surface area contributed by atoms with Crippen molar-refractivity contribution in [2.45, 2.75) is 136 Å². The fourth-order valence-electron chi connectivity index (χ4n) is 5.75. The van der Waals surface area contributed by atoms with E-state index in [4.69, 9.17) is 0 Å². The molecule has 0 saturated carbocycles. The van der Waals surface area contributed by atoms with Crippen LogP contribution in [0.25, 0.3) is 0 Å². The maximum absolute atomic E-state index is 2.72. The minimum absolute atomic E-state index is 0.519. The number of hydrogen-bond donors (Lipinski definition) is 0. The Kier molecular flexibility index (Phi) is 14.3. The lowest BCUT2D eigenvalue weighted by Gasteiger charge is -2.12. The van der Waals surface area contributed by atoms with Gasteiger partial charge in [-0.15, -0.1) is 0 Å². The van der Waals surface area contributed by atoms with Gasteiger partial charge in [-0.2, -0.15) is 0 Å². The quantitative estimate of drug-likeness (QED) is 0.105. The fourth-order valence-corrected chi connectivity index (χ4v) is 5.75. The van der Waals surface area contributed by atoms with E-state index in [2.05, 4.69) is 96.8 Å². The molecule has 2 aromatic carbocycles. The summed E-state index contributed by atoms with van der Waals surface area (Å²) in [4.78, 5) is 0. The second-order valence-corrected chi connectivity index (χ2v) is 11.4. The van der Waals surface area contributed by atoms with Gasteiger partial charge in [-0.1, -0.05) is 139 Å². The monoisotopic (exact) mass is 515 g/mol. The van der Waals surface area contributed by atoms with Crippen molar-refractivity contribution in [3.8, 4) is 0 Å². The van der Waals surface area contributed by atoms with Crippen LogP contribution in [0.3, 0.4) is 0 Å². The van der Waals surface area contributed by atoms with E-state index in [1.807, 2.05) is 0 Å². The highest BCUT2D eigenvalue weighted by Crippen LogP contribution is 2.21. The Balaban J connectivity index is 1.78. The molecule has 0 fully saturated rings. The molecular formula is C36H55N2+. The van der Waals surface area contributed by atoms with Gasteiger partial charge in [0.05, 0.1) is 19.5 Å². The lowest BCUT2D eigenvalue weighted by atomic mass is 9.96. The summed E-state index contributed by atoms with van der Waals surface area (Å²) in [6, 6.07) is 22.2. The largest absolute Gasteiger partial charge is 0.261 e. The van der Waals surface area contributed by atoms with Crippen molar-refractivity contribution in [2.24, 2.45) is 0 Å². The van der Waals surface area contributed by atoms with Gasteiger partial charge in [0.25, 0.3) is 5.82 Å². The molecule has 0 spiro atoms. The number of rotatable bonds is 20. The summed E-state index contributed by atoms with van der Waals surface area (Å²) in [5.41, 5.74) is 4.39. The van der Waals surface area contributed by atoms with E-state index >= 15 is 0 Å². The van der Waals surface area contributed by atoms with Crippen LogP contribution in [0.15, 0.2) is 66.9 Å². The maximum atomic E-state index is 2.72. The molecule has 208 valence electrons. The van der Waals surface area contributed by atoms with E-state index in [-0.39, 0.29) is 0 Å². The second-order valence-electron chi connectivity index (χ2n) is 11.4. The molecule has 0 saturated heterocycles. The van der Waals surface area contributed by atoms with E-state index in [1.165, 1.54) is 106 Å². The summed E-state index contributed by atoms with van der Waals surface area (Å²) in [5, 5.41) is 0. The minimum Gasteiger partial charge on any atom is -0.234 e. The number of aryl methyl sites for hydroxylation is 1. The Bertz CT molecular complexity index is 989. The molecule has 2 heteroatoms. The molecule has 0 radical (unpaired) electrons. The zero-order chi connectivity index (χ0) is 26.8. The van der Waals surface area contributed by atoms with Gasteiger partial charge >= 0.3 is 0 Å². The van der Waals surface area contributed by atoms with Crippen LogP contribution < -0.4 is 4.57 Å². The molecule has 0 amide bonds. The summed E-state index contributed by atoms with van der Waals surface area (Å²) in [6.07, 6.45) is 22.3. The van der Waals surface area contributed by atoms with Crippen molar-refractivity contribution in [3.05, 3.63) is 89.5 Å². The van der Waals surface area contributed by atoms with E-state index in [9.17, 15) is 0 Å². The third kappa shape index (κ3) is 10.4. The number of imidazole rings is 1. The first-order valence-electron chi connectivity index (χ1n) is 15.9. The molecule has 0 aliphatic rings. The zero-order valence-corrected chi connectivity index (χ0v) is 24.8. The zero-order valence-electron chi connectivity index (χ0n) is 24.8. The van der Waals surface area contributed by atoms with E-state index in [0.717, 1.165) is 25.9 Å². The summed E-state index contributed by atoms with van der Waals surface area (Å²) < 4.78 is 5.34.